The number of aromatic nitrogens is 1. The second-order valence-corrected chi connectivity index (χ2v) is 11.3. The first kappa shape index (κ1) is 25.1. The molecule has 0 bridgehead atoms. The maximum atomic E-state index is 14.0. The molecule has 3 heterocycles. The summed E-state index contributed by atoms with van der Waals surface area (Å²) in [6.07, 6.45) is 2.29. The van der Waals surface area contributed by atoms with E-state index in [9.17, 15) is 8.42 Å². The highest BCUT2D eigenvalue weighted by Crippen LogP contribution is 2.44. The van der Waals surface area contributed by atoms with Crippen molar-refractivity contribution in [1.82, 2.24) is 4.98 Å². The van der Waals surface area contributed by atoms with Crippen molar-refractivity contribution < 1.29 is 32.1 Å². The van der Waals surface area contributed by atoms with E-state index in [4.69, 9.17) is 23.7 Å². The quantitative estimate of drug-likeness (QED) is 0.322. The van der Waals surface area contributed by atoms with Gasteiger partial charge in [0.05, 0.1) is 37.4 Å². The van der Waals surface area contributed by atoms with Crippen LogP contribution < -0.4 is 28.6 Å². The first-order chi connectivity index (χ1) is 18.9. The van der Waals surface area contributed by atoms with Gasteiger partial charge in [-0.1, -0.05) is 6.07 Å². The predicted molar refractivity (Wildman–Crippen MR) is 145 cm³/mol. The smallest absolute Gasteiger partial charge is 0.231 e. The van der Waals surface area contributed by atoms with Gasteiger partial charge in [-0.05, 0) is 54.4 Å². The number of rotatable bonds is 7. The summed E-state index contributed by atoms with van der Waals surface area (Å²) in [4.78, 5) is 6.97. The van der Waals surface area contributed by atoms with Gasteiger partial charge in [0.2, 0.25) is 16.6 Å². The van der Waals surface area contributed by atoms with E-state index in [2.05, 4.69) is 16.0 Å². The van der Waals surface area contributed by atoms with Gasteiger partial charge in [-0.2, -0.15) is 0 Å². The molecule has 0 N–H and O–H groups in total. The van der Waals surface area contributed by atoms with Crippen LogP contribution in [0.4, 0.5) is 5.69 Å². The zero-order valence-corrected chi connectivity index (χ0v) is 22.7. The second-order valence-electron chi connectivity index (χ2n) is 9.42. The van der Waals surface area contributed by atoms with Crippen LogP contribution in [0.25, 0.3) is 10.9 Å². The summed E-state index contributed by atoms with van der Waals surface area (Å²) in [7, 11) is 0.740. The zero-order chi connectivity index (χ0) is 27.1. The Labute approximate surface area is 226 Å². The summed E-state index contributed by atoms with van der Waals surface area (Å²) in [5.41, 5.74) is 2.33. The largest absolute Gasteiger partial charge is 0.497 e. The molecule has 0 amide bonds. The van der Waals surface area contributed by atoms with Gasteiger partial charge in [0.15, 0.2) is 23.0 Å². The number of benzene rings is 3. The number of pyridine rings is 1. The summed E-state index contributed by atoms with van der Waals surface area (Å²) >= 11 is 0. The third-order valence-electron chi connectivity index (χ3n) is 7.34. The Morgan fingerprint density at radius 3 is 2.38 bits per heavy atom. The molecule has 1 atom stereocenters. The van der Waals surface area contributed by atoms with Gasteiger partial charge >= 0.3 is 0 Å². The third kappa shape index (κ3) is 4.34. The van der Waals surface area contributed by atoms with Crippen molar-refractivity contribution in [3.8, 4) is 28.7 Å². The summed E-state index contributed by atoms with van der Waals surface area (Å²) < 4.78 is 55.4. The number of fused-ring (bicyclic) bond motifs is 2. The molecule has 39 heavy (non-hydrogen) atoms. The number of hydrogen-bond donors (Lipinski definition) is 0. The monoisotopic (exact) mass is 548 g/mol. The fourth-order valence-corrected chi connectivity index (χ4v) is 6.73. The standard InChI is InChI=1S/C29H28N2O7S/c1-34-20-5-7-21(8-6-20)39(32,33)28-15-30-23-14-26(36-3)25(35-2)13-22(23)29(28)31-11-10-19(16-31)18-4-9-24-27(12-18)38-17-37-24/h4-9,12-15,19H,10-11,16-17H2,1-3H3. The van der Waals surface area contributed by atoms with Crippen molar-refractivity contribution in [2.24, 2.45) is 0 Å². The van der Waals surface area contributed by atoms with E-state index in [0.29, 0.717) is 46.9 Å². The second kappa shape index (κ2) is 9.85. The Morgan fingerprint density at radius 1 is 0.897 bits per heavy atom. The van der Waals surface area contributed by atoms with Gasteiger partial charge in [-0.3, -0.25) is 4.98 Å². The number of ether oxygens (including phenoxy) is 5. The van der Waals surface area contributed by atoms with Crippen molar-refractivity contribution in [1.29, 1.82) is 0 Å². The van der Waals surface area contributed by atoms with Crippen molar-refractivity contribution in [2.45, 2.75) is 22.1 Å². The molecule has 3 aromatic carbocycles. The molecule has 202 valence electrons. The van der Waals surface area contributed by atoms with Gasteiger partial charge in [-0.25, -0.2) is 8.42 Å². The summed E-state index contributed by atoms with van der Waals surface area (Å²) in [5, 5.41) is 0.675. The highest BCUT2D eigenvalue weighted by molar-refractivity contribution is 7.91. The van der Waals surface area contributed by atoms with E-state index >= 15 is 0 Å². The fraction of sp³-hybridized carbons (Fsp3) is 0.276. The third-order valence-corrected chi connectivity index (χ3v) is 9.11. The molecule has 0 spiro atoms. The Kier molecular flexibility index (Phi) is 6.34. The molecule has 1 saturated heterocycles. The van der Waals surface area contributed by atoms with Crippen molar-refractivity contribution >= 4 is 26.4 Å². The van der Waals surface area contributed by atoms with E-state index in [1.54, 1.807) is 57.7 Å². The Hall–Kier alpha value is -4.18. The van der Waals surface area contributed by atoms with Gasteiger partial charge in [0.1, 0.15) is 10.6 Å². The summed E-state index contributed by atoms with van der Waals surface area (Å²) in [5.74, 6) is 3.25. The van der Waals surface area contributed by atoms with E-state index in [1.807, 2.05) is 12.1 Å². The minimum absolute atomic E-state index is 0.138. The van der Waals surface area contributed by atoms with Crippen LogP contribution >= 0.6 is 0 Å². The molecule has 6 rings (SSSR count). The van der Waals surface area contributed by atoms with Crippen molar-refractivity contribution in [3.05, 3.63) is 66.4 Å². The van der Waals surface area contributed by atoms with Crippen LogP contribution in [0.2, 0.25) is 0 Å². The maximum absolute atomic E-state index is 14.0. The normalized spacial score (nSPS) is 16.5. The highest BCUT2D eigenvalue weighted by atomic mass is 32.2. The molecule has 1 aromatic heterocycles. The average Bonchev–Trinajstić information content (AvgIpc) is 3.65. The number of nitrogens with zero attached hydrogens (tertiary/aromatic N) is 2. The molecule has 0 saturated carbocycles. The molecule has 2 aliphatic rings. The molecule has 9 nitrogen and oxygen atoms in total. The molecule has 1 fully saturated rings. The lowest BCUT2D eigenvalue weighted by Crippen LogP contribution is -2.22. The van der Waals surface area contributed by atoms with Crippen LogP contribution in [0.3, 0.4) is 0 Å². The minimum atomic E-state index is -3.92. The topological polar surface area (TPSA) is 96.4 Å². The van der Waals surface area contributed by atoms with Crippen LogP contribution in [0.5, 0.6) is 28.7 Å². The Bertz CT molecular complexity index is 1660. The molecule has 2 aliphatic heterocycles. The average molecular weight is 549 g/mol. The van der Waals surface area contributed by atoms with Crippen molar-refractivity contribution in [2.75, 3.05) is 46.1 Å². The lowest BCUT2D eigenvalue weighted by molar-refractivity contribution is 0.174. The summed E-state index contributed by atoms with van der Waals surface area (Å²) in [6.45, 7) is 1.51. The van der Waals surface area contributed by atoms with Crippen LogP contribution in [0.15, 0.2) is 70.6 Å². The zero-order valence-electron chi connectivity index (χ0n) is 21.8. The number of sulfone groups is 1. The van der Waals surface area contributed by atoms with E-state index < -0.39 is 9.84 Å². The first-order valence-corrected chi connectivity index (χ1v) is 14.0. The number of hydrogen-bond acceptors (Lipinski definition) is 9. The maximum Gasteiger partial charge on any atom is 0.231 e. The van der Waals surface area contributed by atoms with Crippen LogP contribution in [-0.2, 0) is 9.84 Å². The summed E-state index contributed by atoms with van der Waals surface area (Å²) in [6, 6.07) is 16.0. The highest BCUT2D eigenvalue weighted by Gasteiger charge is 2.33. The molecular weight excluding hydrogens is 520 g/mol. The van der Waals surface area contributed by atoms with Crippen LogP contribution in [-0.4, -0.2) is 54.6 Å². The molecule has 4 aromatic rings. The Morgan fingerprint density at radius 2 is 1.64 bits per heavy atom. The SMILES string of the molecule is COc1ccc(S(=O)(=O)c2cnc3cc(OC)c(OC)cc3c2N2CCC(c3ccc4c(c3)OCO4)C2)cc1. The molecule has 1 unspecified atom stereocenters. The van der Waals surface area contributed by atoms with Gasteiger partial charge in [0, 0.05) is 36.7 Å². The van der Waals surface area contributed by atoms with E-state index in [1.165, 1.54) is 6.20 Å². The van der Waals surface area contributed by atoms with Gasteiger partial charge < -0.3 is 28.6 Å². The van der Waals surface area contributed by atoms with Gasteiger partial charge in [0.25, 0.3) is 0 Å². The number of methoxy groups -OCH3 is 3. The lowest BCUT2D eigenvalue weighted by Gasteiger charge is -2.24. The molecule has 10 heteroatoms. The fourth-order valence-electron chi connectivity index (χ4n) is 5.29. The lowest BCUT2D eigenvalue weighted by atomic mass is 9.98. The molecular formula is C29H28N2O7S. The molecule has 0 aliphatic carbocycles. The number of anilines is 1. The van der Waals surface area contributed by atoms with Crippen LogP contribution in [0, 0.1) is 0 Å². The van der Waals surface area contributed by atoms with E-state index in [0.717, 1.165) is 23.5 Å². The first-order valence-electron chi connectivity index (χ1n) is 12.5. The Balaban J connectivity index is 1.48. The van der Waals surface area contributed by atoms with Gasteiger partial charge in [-0.15, -0.1) is 0 Å². The predicted octanol–water partition coefficient (Wildman–Crippen LogP) is 4.82. The van der Waals surface area contributed by atoms with E-state index in [-0.39, 0.29) is 22.5 Å². The van der Waals surface area contributed by atoms with Crippen LogP contribution in [0.1, 0.15) is 17.9 Å². The molecule has 0 radical (unpaired) electrons. The minimum Gasteiger partial charge on any atom is -0.497 e. The van der Waals surface area contributed by atoms with Crippen molar-refractivity contribution in [3.63, 3.8) is 0 Å².